The smallest absolute Gasteiger partial charge is 0.239 e. The van der Waals surface area contributed by atoms with E-state index in [4.69, 9.17) is 0 Å². The van der Waals surface area contributed by atoms with Crippen LogP contribution >= 0.6 is 15.9 Å². The molecule has 1 amide bonds. The lowest BCUT2D eigenvalue weighted by atomic mass is 10.4. The third-order valence-corrected chi connectivity index (χ3v) is 2.90. The first-order valence-electron chi connectivity index (χ1n) is 5.84. The SMILES string of the molecule is CCNC(=O)CN(CC)c1nc(NC)ncc1Br. The standard InChI is InChI=1S/C11H18BrN5O/c1-4-14-9(18)7-17(5-2)10-8(12)6-15-11(13-3)16-10/h6H,4-5,7H2,1-3H3,(H,14,18)(H,13,15,16). The third kappa shape index (κ3) is 3.83. The minimum Gasteiger partial charge on any atom is -0.357 e. The van der Waals surface area contributed by atoms with E-state index in [-0.39, 0.29) is 12.5 Å². The molecule has 0 radical (unpaired) electrons. The van der Waals surface area contributed by atoms with E-state index < -0.39 is 0 Å². The number of hydrogen-bond donors (Lipinski definition) is 2. The second kappa shape index (κ2) is 7.15. The maximum Gasteiger partial charge on any atom is 0.239 e. The summed E-state index contributed by atoms with van der Waals surface area (Å²) in [4.78, 5) is 22.0. The van der Waals surface area contributed by atoms with Crippen LogP contribution in [0.25, 0.3) is 0 Å². The summed E-state index contributed by atoms with van der Waals surface area (Å²) in [6.07, 6.45) is 1.68. The Bertz CT molecular complexity index is 412. The van der Waals surface area contributed by atoms with Crippen LogP contribution < -0.4 is 15.5 Å². The quantitative estimate of drug-likeness (QED) is 0.826. The zero-order valence-corrected chi connectivity index (χ0v) is 12.4. The maximum absolute atomic E-state index is 11.6. The lowest BCUT2D eigenvalue weighted by molar-refractivity contribution is -0.119. The van der Waals surface area contributed by atoms with Gasteiger partial charge in [-0.15, -0.1) is 0 Å². The molecular formula is C11H18BrN5O. The topological polar surface area (TPSA) is 70.2 Å². The number of likely N-dealkylation sites (N-methyl/N-ethyl adjacent to an activating group) is 2. The number of aromatic nitrogens is 2. The van der Waals surface area contributed by atoms with E-state index in [0.29, 0.717) is 24.9 Å². The van der Waals surface area contributed by atoms with Crippen molar-refractivity contribution in [2.24, 2.45) is 0 Å². The van der Waals surface area contributed by atoms with Gasteiger partial charge in [-0.25, -0.2) is 4.98 Å². The number of nitrogens with one attached hydrogen (secondary N) is 2. The van der Waals surface area contributed by atoms with E-state index in [2.05, 4.69) is 36.5 Å². The lowest BCUT2D eigenvalue weighted by Crippen LogP contribution is -2.37. The number of nitrogens with zero attached hydrogens (tertiary/aromatic N) is 3. The molecule has 7 heteroatoms. The highest BCUT2D eigenvalue weighted by Crippen LogP contribution is 2.23. The Balaban J connectivity index is 2.90. The number of carbonyl (C=O) groups excluding carboxylic acids is 1. The summed E-state index contributed by atoms with van der Waals surface area (Å²) in [5.74, 6) is 1.22. The maximum atomic E-state index is 11.6. The number of anilines is 2. The Morgan fingerprint density at radius 2 is 2.22 bits per heavy atom. The van der Waals surface area contributed by atoms with E-state index in [9.17, 15) is 4.79 Å². The molecule has 0 aliphatic rings. The molecule has 0 spiro atoms. The fourth-order valence-electron chi connectivity index (χ4n) is 1.46. The van der Waals surface area contributed by atoms with Crippen molar-refractivity contribution in [2.45, 2.75) is 13.8 Å². The molecule has 0 saturated carbocycles. The first-order valence-corrected chi connectivity index (χ1v) is 6.63. The molecular weight excluding hydrogens is 298 g/mol. The lowest BCUT2D eigenvalue weighted by Gasteiger charge is -2.22. The van der Waals surface area contributed by atoms with Gasteiger partial charge in [0.2, 0.25) is 11.9 Å². The summed E-state index contributed by atoms with van der Waals surface area (Å²) in [6, 6.07) is 0. The van der Waals surface area contributed by atoms with Gasteiger partial charge in [-0.05, 0) is 29.8 Å². The molecule has 0 aromatic carbocycles. The van der Waals surface area contributed by atoms with Crippen molar-refractivity contribution in [2.75, 3.05) is 36.9 Å². The van der Waals surface area contributed by atoms with Crippen LogP contribution in [0.2, 0.25) is 0 Å². The molecule has 0 unspecified atom stereocenters. The van der Waals surface area contributed by atoms with Gasteiger partial charge in [0.25, 0.3) is 0 Å². The summed E-state index contributed by atoms with van der Waals surface area (Å²) >= 11 is 3.40. The molecule has 0 atom stereocenters. The van der Waals surface area contributed by atoms with Gasteiger partial charge in [-0.1, -0.05) is 0 Å². The summed E-state index contributed by atoms with van der Waals surface area (Å²) in [7, 11) is 1.76. The van der Waals surface area contributed by atoms with Crippen LogP contribution in [-0.4, -0.2) is 42.6 Å². The fourth-order valence-corrected chi connectivity index (χ4v) is 1.91. The van der Waals surface area contributed by atoms with Crippen molar-refractivity contribution in [3.63, 3.8) is 0 Å². The molecule has 0 aliphatic heterocycles. The Morgan fingerprint density at radius 1 is 1.50 bits per heavy atom. The van der Waals surface area contributed by atoms with Crippen LogP contribution in [0.3, 0.4) is 0 Å². The molecule has 1 heterocycles. The monoisotopic (exact) mass is 315 g/mol. The first-order chi connectivity index (χ1) is 8.62. The van der Waals surface area contributed by atoms with Gasteiger partial charge in [0.15, 0.2) is 0 Å². The molecule has 100 valence electrons. The summed E-state index contributed by atoms with van der Waals surface area (Å²) in [5, 5.41) is 5.65. The number of amides is 1. The molecule has 0 bridgehead atoms. The Hall–Kier alpha value is -1.37. The summed E-state index contributed by atoms with van der Waals surface area (Å²) in [5.41, 5.74) is 0. The second-order valence-electron chi connectivity index (χ2n) is 3.58. The zero-order chi connectivity index (χ0) is 13.5. The Kier molecular flexibility index (Phi) is 5.84. The van der Waals surface area contributed by atoms with E-state index in [1.807, 2.05) is 18.7 Å². The van der Waals surface area contributed by atoms with Crippen LogP contribution in [0, 0.1) is 0 Å². The number of hydrogen-bond acceptors (Lipinski definition) is 5. The van der Waals surface area contributed by atoms with Gasteiger partial charge >= 0.3 is 0 Å². The molecule has 0 aliphatic carbocycles. The zero-order valence-electron chi connectivity index (χ0n) is 10.8. The van der Waals surface area contributed by atoms with Crippen molar-refractivity contribution in [1.29, 1.82) is 0 Å². The van der Waals surface area contributed by atoms with Crippen molar-refractivity contribution in [3.8, 4) is 0 Å². The second-order valence-corrected chi connectivity index (χ2v) is 4.44. The number of carbonyl (C=O) groups is 1. The van der Waals surface area contributed by atoms with Crippen molar-refractivity contribution < 1.29 is 4.79 Å². The van der Waals surface area contributed by atoms with E-state index in [1.165, 1.54) is 0 Å². The Labute approximate surface area is 115 Å². The van der Waals surface area contributed by atoms with Crippen molar-refractivity contribution in [1.82, 2.24) is 15.3 Å². The van der Waals surface area contributed by atoms with E-state index in [1.54, 1.807) is 13.2 Å². The minimum atomic E-state index is -0.0177. The van der Waals surface area contributed by atoms with Crippen molar-refractivity contribution in [3.05, 3.63) is 10.7 Å². The minimum absolute atomic E-state index is 0.0177. The van der Waals surface area contributed by atoms with Crippen LogP contribution in [0.15, 0.2) is 10.7 Å². The largest absolute Gasteiger partial charge is 0.357 e. The summed E-state index contributed by atoms with van der Waals surface area (Å²) in [6.45, 7) is 5.48. The van der Waals surface area contributed by atoms with Crippen LogP contribution in [0.5, 0.6) is 0 Å². The predicted octanol–water partition coefficient (Wildman–Crippen LogP) is 1.24. The highest BCUT2D eigenvalue weighted by atomic mass is 79.9. The van der Waals surface area contributed by atoms with Gasteiger partial charge in [0.1, 0.15) is 5.82 Å². The van der Waals surface area contributed by atoms with Crippen molar-refractivity contribution >= 4 is 33.6 Å². The Morgan fingerprint density at radius 3 is 2.78 bits per heavy atom. The molecule has 18 heavy (non-hydrogen) atoms. The average Bonchev–Trinajstić information content (AvgIpc) is 2.37. The van der Waals surface area contributed by atoms with Crippen LogP contribution in [0.4, 0.5) is 11.8 Å². The molecule has 1 aromatic heterocycles. The number of halogens is 1. The molecule has 1 rings (SSSR count). The van der Waals surface area contributed by atoms with Gasteiger partial charge < -0.3 is 15.5 Å². The van der Waals surface area contributed by atoms with Gasteiger partial charge in [-0.2, -0.15) is 4.98 Å². The van der Waals surface area contributed by atoms with Gasteiger partial charge in [0, 0.05) is 26.3 Å². The van der Waals surface area contributed by atoms with Crippen LogP contribution in [0.1, 0.15) is 13.8 Å². The molecule has 6 nitrogen and oxygen atoms in total. The van der Waals surface area contributed by atoms with E-state index >= 15 is 0 Å². The molecule has 2 N–H and O–H groups in total. The molecule has 0 saturated heterocycles. The first kappa shape index (κ1) is 14.7. The third-order valence-electron chi connectivity index (χ3n) is 2.34. The highest BCUT2D eigenvalue weighted by Gasteiger charge is 2.14. The normalized spacial score (nSPS) is 10.0. The van der Waals surface area contributed by atoms with Crippen LogP contribution in [-0.2, 0) is 4.79 Å². The number of rotatable bonds is 6. The fraction of sp³-hybridized carbons (Fsp3) is 0.545. The summed E-state index contributed by atoms with van der Waals surface area (Å²) < 4.78 is 0.771. The van der Waals surface area contributed by atoms with Gasteiger partial charge in [0.05, 0.1) is 11.0 Å². The average molecular weight is 316 g/mol. The predicted molar refractivity (Wildman–Crippen MR) is 75.8 cm³/mol. The molecule has 1 aromatic rings. The molecule has 0 fully saturated rings. The highest BCUT2D eigenvalue weighted by molar-refractivity contribution is 9.10. The van der Waals surface area contributed by atoms with Gasteiger partial charge in [-0.3, -0.25) is 4.79 Å². The van der Waals surface area contributed by atoms with E-state index in [0.717, 1.165) is 4.47 Å².